The summed E-state index contributed by atoms with van der Waals surface area (Å²) in [4.78, 5) is 0. The molecule has 0 heterocycles. The first-order valence-electron chi connectivity index (χ1n) is 3.69. The van der Waals surface area contributed by atoms with Gasteiger partial charge in [-0.05, 0) is 12.5 Å². The number of hydrogen-bond acceptors (Lipinski definition) is 3. The van der Waals surface area contributed by atoms with E-state index < -0.39 is 15.2 Å². The first-order valence-corrected chi connectivity index (χ1v) is 6.06. The van der Waals surface area contributed by atoms with Gasteiger partial charge in [-0.15, -0.1) is 0 Å². The zero-order chi connectivity index (χ0) is 9.90. The van der Waals surface area contributed by atoms with Crippen molar-refractivity contribution in [3.63, 3.8) is 0 Å². The molecule has 0 saturated heterocycles. The molecule has 1 rings (SSSR count). The lowest BCUT2D eigenvalue weighted by molar-refractivity contribution is 0.225. The van der Waals surface area contributed by atoms with Crippen LogP contribution in [0.15, 0.2) is 30.3 Å². The second kappa shape index (κ2) is 4.15. The zero-order valence-electron chi connectivity index (χ0n) is 7.04. The molecule has 0 fully saturated rings. The number of benzene rings is 1. The van der Waals surface area contributed by atoms with Crippen LogP contribution in [0.2, 0.25) is 0 Å². The van der Waals surface area contributed by atoms with Gasteiger partial charge in [0, 0.05) is 11.2 Å². The van der Waals surface area contributed by atoms with E-state index in [2.05, 4.69) is 11.2 Å². The SMILES string of the molecule is CC(OS(=O)(O)=S)c1ccccc1. The molecule has 0 bridgehead atoms. The molecule has 0 saturated carbocycles. The van der Waals surface area contributed by atoms with E-state index in [1.165, 1.54) is 0 Å². The fourth-order valence-corrected chi connectivity index (χ4v) is 1.79. The fraction of sp³-hybridized carbons (Fsp3) is 0.250. The first-order chi connectivity index (χ1) is 5.99. The highest BCUT2D eigenvalue weighted by Gasteiger charge is 2.10. The third-order valence-corrected chi connectivity index (χ3v) is 2.30. The van der Waals surface area contributed by atoms with Crippen LogP contribution in [0.1, 0.15) is 18.6 Å². The summed E-state index contributed by atoms with van der Waals surface area (Å²) in [5.74, 6) is 0. The highest BCUT2D eigenvalue weighted by atomic mass is 32.9. The molecule has 0 aliphatic heterocycles. The lowest BCUT2D eigenvalue weighted by Gasteiger charge is -2.10. The topological polar surface area (TPSA) is 46.5 Å². The molecule has 1 aromatic rings. The monoisotopic (exact) mass is 218 g/mol. The van der Waals surface area contributed by atoms with Gasteiger partial charge in [-0.2, -0.15) is 4.21 Å². The van der Waals surface area contributed by atoms with Crippen LogP contribution in [0, 0.1) is 0 Å². The molecule has 72 valence electrons. The van der Waals surface area contributed by atoms with Gasteiger partial charge in [0.1, 0.15) is 0 Å². The molecular formula is C8H10O3S2. The summed E-state index contributed by atoms with van der Waals surface area (Å²) in [5.41, 5.74) is 0.828. The molecule has 1 aromatic carbocycles. The summed E-state index contributed by atoms with van der Waals surface area (Å²) in [6.45, 7) is 1.68. The normalized spacial score (nSPS) is 17.7. The van der Waals surface area contributed by atoms with Crippen molar-refractivity contribution < 1.29 is 12.9 Å². The zero-order valence-corrected chi connectivity index (χ0v) is 8.68. The van der Waals surface area contributed by atoms with E-state index in [-0.39, 0.29) is 0 Å². The van der Waals surface area contributed by atoms with Gasteiger partial charge >= 0.3 is 0 Å². The van der Waals surface area contributed by atoms with Crippen molar-refractivity contribution in [2.75, 3.05) is 0 Å². The van der Waals surface area contributed by atoms with Gasteiger partial charge in [0.2, 0.25) is 0 Å². The van der Waals surface area contributed by atoms with Crippen LogP contribution in [-0.2, 0) is 24.4 Å². The van der Waals surface area contributed by atoms with Gasteiger partial charge in [-0.1, -0.05) is 30.3 Å². The van der Waals surface area contributed by atoms with Crippen LogP contribution in [0.4, 0.5) is 0 Å². The van der Waals surface area contributed by atoms with Crippen molar-refractivity contribution in [1.82, 2.24) is 0 Å². The quantitative estimate of drug-likeness (QED) is 0.841. The Bertz CT molecular complexity index is 358. The number of rotatable bonds is 3. The Balaban J connectivity index is 2.76. The standard InChI is InChI=1S/C8H10O3S2/c1-7(11-13(9,10)12)8-5-3-2-4-6-8/h2-7H,1H3,(H,9,10,12). The molecule has 2 atom stereocenters. The minimum absolute atomic E-state index is 0.462. The summed E-state index contributed by atoms with van der Waals surface area (Å²) in [6, 6.07) is 9.14. The Hall–Kier alpha value is -0.490. The molecule has 0 spiro atoms. The van der Waals surface area contributed by atoms with Gasteiger partial charge in [0.15, 0.2) is 0 Å². The van der Waals surface area contributed by atoms with Crippen LogP contribution < -0.4 is 0 Å². The van der Waals surface area contributed by atoms with Gasteiger partial charge in [-0.25, -0.2) is 0 Å². The van der Waals surface area contributed by atoms with Crippen molar-refractivity contribution in [3.05, 3.63) is 35.9 Å². The maximum atomic E-state index is 10.7. The molecule has 5 heteroatoms. The molecule has 3 nitrogen and oxygen atoms in total. The maximum Gasteiger partial charge on any atom is 0.267 e. The van der Waals surface area contributed by atoms with E-state index in [4.69, 9.17) is 8.74 Å². The second-order valence-corrected chi connectivity index (χ2v) is 4.89. The molecule has 0 aliphatic carbocycles. The predicted molar refractivity (Wildman–Crippen MR) is 54.1 cm³/mol. The number of hydrogen-bond donors (Lipinski definition) is 1. The van der Waals surface area contributed by atoms with Gasteiger partial charge < -0.3 is 0 Å². The highest BCUT2D eigenvalue weighted by Crippen LogP contribution is 2.17. The van der Waals surface area contributed by atoms with Crippen molar-refractivity contribution in [1.29, 1.82) is 0 Å². The van der Waals surface area contributed by atoms with Crippen molar-refractivity contribution in [2.24, 2.45) is 0 Å². The fourth-order valence-electron chi connectivity index (χ4n) is 0.962. The Morgan fingerprint density at radius 3 is 2.46 bits per heavy atom. The first kappa shape index (κ1) is 10.6. The van der Waals surface area contributed by atoms with Crippen LogP contribution >= 0.6 is 0 Å². The Morgan fingerprint density at radius 1 is 1.46 bits per heavy atom. The highest BCUT2D eigenvalue weighted by molar-refractivity contribution is 8.27. The lowest BCUT2D eigenvalue weighted by Crippen LogP contribution is -2.06. The Labute approximate surface area is 82.4 Å². The summed E-state index contributed by atoms with van der Waals surface area (Å²) < 4.78 is 24.2. The molecule has 1 N–H and O–H groups in total. The van der Waals surface area contributed by atoms with Crippen molar-refractivity contribution in [2.45, 2.75) is 13.0 Å². The predicted octanol–water partition coefficient (Wildman–Crippen LogP) is 1.90. The van der Waals surface area contributed by atoms with Gasteiger partial charge in [-0.3, -0.25) is 8.74 Å². The van der Waals surface area contributed by atoms with Crippen molar-refractivity contribution >= 4 is 20.2 Å². The maximum absolute atomic E-state index is 10.7. The molecule has 0 aliphatic rings. The van der Waals surface area contributed by atoms with E-state index >= 15 is 0 Å². The third kappa shape index (κ3) is 3.82. The van der Waals surface area contributed by atoms with Gasteiger partial charge in [0.25, 0.3) is 9.05 Å². The molecule has 0 amide bonds. The molecule has 2 unspecified atom stereocenters. The van der Waals surface area contributed by atoms with Crippen LogP contribution in [0.25, 0.3) is 0 Å². The van der Waals surface area contributed by atoms with Crippen LogP contribution in [-0.4, -0.2) is 8.76 Å². The summed E-state index contributed by atoms with van der Waals surface area (Å²) in [6.07, 6.45) is -0.462. The second-order valence-electron chi connectivity index (χ2n) is 2.58. The minimum atomic E-state index is -3.54. The average molecular weight is 218 g/mol. The summed E-state index contributed by atoms with van der Waals surface area (Å²) >= 11 is 4.22. The molecule has 13 heavy (non-hydrogen) atoms. The Morgan fingerprint density at radius 2 is 2.00 bits per heavy atom. The molecule has 0 aromatic heterocycles. The minimum Gasteiger partial charge on any atom is -0.285 e. The largest absolute Gasteiger partial charge is 0.285 e. The van der Waals surface area contributed by atoms with E-state index in [0.717, 1.165) is 5.56 Å². The average Bonchev–Trinajstić information content (AvgIpc) is 2.03. The third-order valence-electron chi connectivity index (χ3n) is 1.53. The summed E-state index contributed by atoms with van der Waals surface area (Å²) in [5, 5.41) is 0. The van der Waals surface area contributed by atoms with E-state index in [1.807, 2.05) is 30.3 Å². The van der Waals surface area contributed by atoms with E-state index in [0.29, 0.717) is 0 Å². The lowest BCUT2D eigenvalue weighted by atomic mass is 10.1. The summed E-state index contributed by atoms with van der Waals surface area (Å²) in [7, 11) is -3.54. The van der Waals surface area contributed by atoms with Crippen molar-refractivity contribution in [3.8, 4) is 0 Å². The molecule has 0 radical (unpaired) electrons. The smallest absolute Gasteiger partial charge is 0.267 e. The van der Waals surface area contributed by atoms with Crippen LogP contribution in [0.3, 0.4) is 0 Å². The Kier molecular flexibility index (Phi) is 3.38. The molecular weight excluding hydrogens is 208 g/mol. The van der Waals surface area contributed by atoms with Crippen LogP contribution in [0.5, 0.6) is 0 Å². The van der Waals surface area contributed by atoms with E-state index in [9.17, 15) is 4.21 Å². The van der Waals surface area contributed by atoms with Gasteiger partial charge in [0.05, 0.1) is 6.10 Å². The van der Waals surface area contributed by atoms with E-state index in [1.54, 1.807) is 6.92 Å².